The summed E-state index contributed by atoms with van der Waals surface area (Å²) in [5.74, 6) is 0. The molecule has 0 saturated heterocycles. The largest absolute Gasteiger partial charge is 0.0622 e. The zero-order valence-corrected chi connectivity index (χ0v) is 13.4. The smallest absolute Gasteiger partial charge is 0.0178 e. The Balaban J connectivity index is 0.000000129. The molecular formula is C24H18. The average Bonchev–Trinajstić information content (AvgIpc) is 2.96. The van der Waals surface area contributed by atoms with Crippen molar-refractivity contribution in [1.82, 2.24) is 0 Å². The Hall–Kier alpha value is -3.12. The van der Waals surface area contributed by atoms with Crippen molar-refractivity contribution < 1.29 is 0 Å². The predicted octanol–water partition coefficient (Wildman–Crippen LogP) is 6.78. The van der Waals surface area contributed by atoms with Gasteiger partial charge in [0.05, 0.1) is 0 Å². The zero-order chi connectivity index (χ0) is 16.2. The van der Waals surface area contributed by atoms with Gasteiger partial charge < -0.3 is 0 Å². The number of fused-ring (bicyclic) bond motifs is 3. The van der Waals surface area contributed by atoms with Crippen molar-refractivity contribution in [2.45, 2.75) is 0 Å². The van der Waals surface area contributed by atoms with E-state index in [4.69, 9.17) is 0 Å². The highest BCUT2D eigenvalue weighted by atomic mass is 14.0. The third-order valence-electron chi connectivity index (χ3n) is 4.27. The van der Waals surface area contributed by atoms with Crippen molar-refractivity contribution in [2.24, 2.45) is 0 Å². The van der Waals surface area contributed by atoms with Gasteiger partial charge in [-0.05, 0) is 44.8 Å². The fourth-order valence-electron chi connectivity index (χ4n) is 3.02. The molecule has 0 atom stereocenters. The molecule has 0 amide bonds. The van der Waals surface area contributed by atoms with Crippen LogP contribution in [0.1, 0.15) is 0 Å². The van der Waals surface area contributed by atoms with Gasteiger partial charge in [-0.3, -0.25) is 0 Å². The molecule has 0 aromatic heterocycles. The van der Waals surface area contributed by atoms with Gasteiger partial charge in [0.25, 0.3) is 0 Å². The molecule has 3 aromatic rings. The summed E-state index contributed by atoms with van der Waals surface area (Å²) in [4.78, 5) is 0. The lowest BCUT2D eigenvalue weighted by molar-refractivity contribution is 1.76. The second-order valence-corrected chi connectivity index (χ2v) is 5.89. The fraction of sp³-hybridized carbons (Fsp3) is 0. The van der Waals surface area contributed by atoms with Crippen molar-refractivity contribution in [2.75, 3.05) is 0 Å². The zero-order valence-electron chi connectivity index (χ0n) is 13.4. The van der Waals surface area contributed by atoms with E-state index < -0.39 is 0 Å². The molecule has 24 heavy (non-hydrogen) atoms. The normalized spacial score (nSPS) is 10.5. The molecule has 0 spiro atoms. The lowest BCUT2D eigenvalue weighted by atomic mass is 10.0. The van der Waals surface area contributed by atoms with E-state index >= 15 is 0 Å². The monoisotopic (exact) mass is 306 g/mol. The Kier molecular flexibility index (Phi) is 3.95. The second kappa shape index (κ2) is 6.55. The van der Waals surface area contributed by atoms with E-state index in [2.05, 4.69) is 103 Å². The van der Waals surface area contributed by atoms with Crippen LogP contribution in [0.5, 0.6) is 0 Å². The van der Waals surface area contributed by atoms with Crippen LogP contribution in [0.25, 0.3) is 32.7 Å². The van der Waals surface area contributed by atoms with Gasteiger partial charge in [-0.2, -0.15) is 0 Å². The summed E-state index contributed by atoms with van der Waals surface area (Å²) < 4.78 is 0. The van der Waals surface area contributed by atoms with Crippen molar-refractivity contribution in [3.05, 3.63) is 109 Å². The SMILES string of the molecule is c1ccc2cc3ccccc3cc2c1.c1ccc2cccc-2cc1. The van der Waals surface area contributed by atoms with E-state index in [0.717, 1.165) is 0 Å². The van der Waals surface area contributed by atoms with E-state index in [-0.39, 0.29) is 0 Å². The number of hydrogen-bond acceptors (Lipinski definition) is 0. The lowest BCUT2D eigenvalue weighted by Gasteiger charge is -2.00. The van der Waals surface area contributed by atoms with Gasteiger partial charge >= 0.3 is 0 Å². The van der Waals surface area contributed by atoms with Gasteiger partial charge in [0, 0.05) is 0 Å². The fourth-order valence-corrected chi connectivity index (χ4v) is 3.02. The maximum Gasteiger partial charge on any atom is -0.0178 e. The highest BCUT2D eigenvalue weighted by Crippen LogP contribution is 2.22. The molecule has 0 heterocycles. The molecule has 0 nitrogen and oxygen atoms in total. The van der Waals surface area contributed by atoms with Crippen LogP contribution in [0.4, 0.5) is 0 Å². The molecule has 2 aliphatic rings. The van der Waals surface area contributed by atoms with Crippen LogP contribution < -0.4 is 0 Å². The minimum absolute atomic E-state index is 1.31. The van der Waals surface area contributed by atoms with Crippen molar-refractivity contribution in [1.29, 1.82) is 0 Å². The summed E-state index contributed by atoms with van der Waals surface area (Å²) in [5.41, 5.74) is 2.62. The van der Waals surface area contributed by atoms with Crippen molar-refractivity contribution in [3.63, 3.8) is 0 Å². The van der Waals surface area contributed by atoms with Gasteiger partial charge in [0.2, 0.25) is 0 Å². The van der Waals surface area contributed by atoms with Gasteiger partial charge in [-0.15, -0.1) is 0 Å². The van der Waals surface area contributed by atoms with Gasteiger partial charge in [0.15, 0.2) is 0 Å². The topological polar surface area (TPSA) is 0 Å². The third kappa shape index (κ3) is 3.00. The predicted molar refractivity (Wildman–Crippen MR) is 105 cm³/mol. The number of rotatable bonds is 0. The van der Waals surface area contributed by atoms with E-state index in [9.17, 15) is 0 Å². The number of benzene rings is 3. The highest BCUT2D eigenvalue weighted by molar-refractivity contribution is 5.98. The Bertz CT molecular complexity index is 926. The standard InChI is InChI=1S/C14H10.C10H8/c1-2-6-12-10-14-8-4-3-7-13(14)9-11(12)5-1;1-2-5-9-7-4-8-10(9)6-3-1/h1-10H;1-8H. The lowest BCUT2D eigenvalue weighted by Crippen LogP contribution is -1.74. The molecule has 5 rings (SSSR count). The maximum absolute atomic E-state index is 2.24. The van der Waals surface area contributed by atoms with Crippen LogP contribution in [0.15, 0.2) is 109 Å². The minimum atomic E-state index is 1.31. The molecule has 0 aliphatic heterocycles. The summed E-state index contributed by atoms with van der Waals surface area (Å²) in [5, 5.41) is 5.25. The van der Waals surface area contributed by atoms with Crippen LogP contribution in [0.2, 0.25) is 0 Å². The first-order chi connectivity index (χ1) is 11.9. The Labute approximate surface area is 142 Å². The molecule has 0 fully saturated rings. The van der Waals surface area contributed by atoms with Crippen molar-refractivity contribution >= 4 is 21.5 Å². The van der Waals surface area contributed by atoms with Crippen molar-refractivity contribution in [3.8, 4) is 11.1 Å². The van der Waals surface area contributed by atoms with E-state index in [0.29, 0.717) is 0 Å². The molecule has 0 bridgehead atoms. The van der Waals surface area contributed by atoms with Crippen LogP contribution in [-0.4, -0.2) is 0 Å². The molecule has 3 aromatic carbocycles. The molecule has 0 radical (unpaired) electrons. The van der Waals surface area contributed by atoms with Crippen LogP contribution in [0.3, 0.4) is 0 Å². The van der Waals surface area contributed by atoms with Gasteiger partial charge in [-0.25, -0.2) is 0 Å². The Morgan fingerprint density at radius 1 is 0.292 bits per heavy atom. The average molecular weight is 306 g/mol. The van der Waals surface area contributed by atoms with E-state index in [1.807, 2.05) is 6.07 Å². The summed E-state index contributed by atoms with van der Waals surface area (Å²) in [6.07, 6.45) is 0. The van der Waals surface area contributed by atoms with E-state index in [1.54, 1.807) is 0 Å². The third-order valence-corrected chi connectivity index (χ3v) is 4.27. The quantitative estimate of drug-likeness (QED) is 0.276. The van der Waals surface area contributed by atoms with Gasteiger partial charge in [0.1, 0.15) is 0 Å². The Morgan fingerprint density at radius 3 is 1.04 bits per heavy atom. The summed E-state index contributed by atoms with van der Waals surface area (Å²) in [7, 11) is 0. The van der Waals surface area contributed by atoms with Crippen LogP contribution >= 0.6 is 0 Å². The summed E-state index contributed by atoms with van der Waals surface area (Å²) >= 11 is 0. The molecule has 0 saturated carbocycles. The molecule has 114 valence electrons. The van der Waals surface area contributed by atoms with Gasteiger partial charge in [-0.1, -0.05) is 97.1 Å². The number of hydrogen-bond donors (Lipinski definition) is 0. The summed E-state index contributed by atoms with van der Waals surface area (Å²) in [6.45, 7) is 0. The first-order valence-corrected chi connectivity index (χ1v) is 8.21. The maximum atomic E-state index is 2.24. The second-order valence-electron chi connectivity index (χ2n) is 5.89. The first kappa shape index (κ1) is 14.5. The molecule has 0 unspecified atom stereocenters. The first-order valence-electron chi connectivity index (χ1n) is 8.21. The molecule has 0 N–H and O–H groups in total. The summed E-state index contributed by atoms with van der Waals surface area (Å²) in [6, 6.07) is 38.1. The minimum Gasteiger partial charge on any atom is -0.0622 e. The molecule has 2 aliphatic carbocycles. The Morgan fingerprint density at radius 2 is 0.625 bits per heavy atom. The molecule has 0 heteroatoms. The van der Waals surface area contributed by atoms with Crippen LogP contribution in [0, 0.1) is 0 Å². The molecular weight excluding hydrogens is 288 g/mol. The van der Waals surface area contributed by atoms with E-state index in [1.165, 1.54) is 32.7 Å². The van der Waals surface area contributed by atoms with Crippen LogP contribution in [-0.2, 0) is 0 Å². The highest BCUT2D eigenvalue weighted by Gasteiger charge is 1.95.